The predicted molar refractivity (Wildman–Crippen MR) is 191 cm³/mol. The summed E-state index contributed by atoms with van der Waals surface area (Å²) < 4.78 is 29.8. The Balaban J connectivity index is 1.40. The van der Waals surface area contributed by atoms with Gasteiger partial charge in [-0.1, -0.05) is 70.2 Å². The molecule has 2 N–H and O–H groups in total. The molecule has 49 heavy (non-hydrogen) atoms. The third kappa shape index (κ3) is 8.64. The second kappa shape index (κ2) is 15.8. The summed E-state index contributed by atoms with van der Waals surface area (Å²) in [5, 5.41) is 19.0. The maximum Gasteiger partial charge on any atom is 0.321 e. The zero-order chi connectivity index (χ0) is 35.3. The Bertz CT molecular complexity index is 1840. The number of carbonyl (C=O) groups excluding carboxylic acids is 2. The molecule has 4 aromatic rings. The first kappa shape index (κ1) is 36.4. The number of nitrogens with zero attached hydrogens (tertiary/aromatic N) is 5. The average Bonchev–Trinajstić information content (AvgIpc) is 3.64. The molecule has 0 saturated carbocycles. The van der Waals surface area contributed by atoms with Crippen molar-refractivity contribution >= 4 is 44.1 Å². The molecule has 1 aliphatic heterocycles. The molecule has 0 bridgehead atoms. The molecule has 1 unspecified atom stereocenters. The lowest BCUT2D eigenvalue weighted by molar-refractivity contribution is -0.128. The molecule has 13 heteroatoms. The monoisotopic (exact) mass is 706 g/mol. The van der Waals surface area contributed by atoms with E-state index in [1.54, 1.807) is 40.4 Å². The van der Waals surface area contributed by atoms with Crippen molar-refractivity contribution < 1.29 is 23.1 Å². The van der Waals surface area contributed by atoms with Gasteiger partial charge in [0, 0.05) is 54.7 Å². The van der Waals surface area contributed by atoms with Crippen molar-refractivity contribution in [2.24, 2.45) is 11.8 Å². The molecule has 3 heterocycles. The number of amides is 3. The number of thiazole rings is 1. The highest BCUT2D eigenvalue weighted by Crippen LogP contribution is 2.27. The van der Waals surface area contributed by atoms with Gasteiger partial charge in [-0.15, -0.1) is 11.3 Å². The Hall–Kier alpha value is -3.91. The highest BCUT2D eigenvalue weighted by molar-refractivity contribution is 7.89. The van der Waals surface area contributed by atoms with Crippen molar-refractivity contribution in [3.05, 3.63) is 88.6 Å². The molecule has 1 aliphatic rings. The van der Waals surface area contributed by atoms with Crippen molar-refractivity contribution in [2.45, 2.75) is 70.7 Å². The minimum absolute atomic E-state index is 0.0385. The number of hydrogen-bond donors (Lipinski definition) is 2. The fourth-order valence-electron chi connectivity index (χ4n) is 6.38. The largest absolute Gasteiger partial charge is 0.390 e. The Morgan fingerprint density at radius 3 is 2.47 bits per heavy atom. The molecule has 0 spiro atoms. The number of urea groups is 1. The minimum Gasteiger partial charge on any atom is -0.390 e. The zero-order valence-electron chi connectivity index (χ0n) is 28.7. The van der Waals surface area contributed by atoms with Gasteiger partial charge in [-0.2, -0.15) is 4.31 Å². The summed E-state index contributed by atoms with van der Waals surface area (Å²) >= 11 is 1.53. The summed E-state index contributed by atoms with van der Waals surface area (Å²) in [6.07, 6.45) is 2.18. The molecule has 11 nitrogen and oxygen atoms in total. The van der Waals surface area contributed by atoms with E-state index in [1.165, 1.54) is 15.6 Å². The number of sulfonamides is 1. The summed E-state index contributed by atoms with van der Waals surface area (Å²) in [6, 6.07) is 14.3. The normalized spacial score (nSPS) is 15.8. The van der Waals surface area contributed by atoms with Gasteiger partial charge in [0.25, 0.3) is 0 Å². The molecule has 0 aliphatic carbocycles. The number of aliphatic hydroxyl groups excluding tert-OH is 1. The summed E-state index contributed by atoms with van der Waals surface area (Å²) in [5.74, 6) is -0.656. The van der Waals surface area contributed by atoms with Gasteiger partial charge < -0.3 is 20.2 Å². The molecule has 2 aromatic carbocycles. The van der Waals surface area contributed by atoms with Crippen molar-refractivity contribution in [1.29, 1.82) is 0 Å². The standard InChI is InChI=1S/C36H46N6O5S2/c1-24(2)20-41(49(46,47)33-13-9-12-28-19-37-15-14-30(28)33)22-32(43)31(18-27-10-7-6-8-11-27)39-35(44)34(25(3)4)42-17-16-40(36(42)45)21-29-23-48-26(5)38-29/h6-15,19,23-25,31-32,34,43H,16-18,20-22H2,1-5H3,(H,39,44)/t31-,32+,34?/m0/s1. The first-order chi connectivity index (χ1) is 23.3. The molecular formula is C36H46N6O5S2. The van der Waals surface area contributed by atoms with E-state index in [0.29, 0.717) is 30.4 Å². The second-order valence-corrected chi connectivity index (χ2v) is 16.4. The Morgan fingerprint density at radius 2 is 1.80 bits per heavy atom. The Kier molecular flexibility index (Phi) is 11.7. The number of carbonyl (C=O) groups is 2. The number of fused-ring (bicyclic) bond motifs is 1. The van der Waals surface area contributed by atoms with Crippen molar-refractivity contribution in [3.8, 4) is 0 Å². The number of rotatable bonds is 15. The van der Waals surface area contributed by atoms with E-state index in [0.717, 1.165) is 16.3 Å². The van der Waals surface area contributed by atoms with Gasteiger partial charge >= 0.3 is 6.03 Å². The fourth-order valence-corrected chi connectivity index (χ4v) is 8.82. The summed E-state index contributed by atoms with van der Waals surface area (Å²) in [6.45, 7) is 10.7. The third-order valence-electron chi connectivity index (χ3n) is 8.69. The molecule has 0 radical (unpaired) electrons. The number of aryl methyl sites for hydroxylation is 1. The van der Waals surface area contributed by atoms with Crippen LogP contribution in [0.1, 0.15) is 44.0 Å². The Morgan fingerprint density at radius 1 is 1.04 bits per heavy atom. The maximum absolute atomic E-state index is 14.2. The smallest absolute Gasteiger partial charge is 0.321 e. The van der Waals surface area contributed by atoms with E-state index in [2.05, 4.69) is 15.3 Å². The molecule has 1 fully saturated rings. The lowest BCUT2D eigenvalue weighted by Gasteiger charge is -2.34. The number of aromatic nitrogens is 2. The van der Waals surface area contributed by atoms with Crippen molar-refractivity contribution in [1.82, 2.24) is 29.4 Å². The molecular weight excluding hydrogens is 661 g/mol. The van der Waals surface area contributed by atoms with Gasteiger partial charge in [-0.3, -0.25) is 9.78 Å². The van der Waals surface area contributed by atoms with Gasteiger partial charge in [0.15, 0.2) is 0 Å². The van der Waals surface area contributed by atoms with E-state index in [9.17, 15) is 23.1 Å². The first-order valence-corrected chi connectivity index (χ1v) is 19.0. The third-order valence-corrected chi connectivity index (χ3v) is 11.4. The van der Waals surface area contributed by atoms with Crippen LogP contribution in [0.2, 0.25) is 0 Å². The molecule has 5 rings (SSSR count). The van der Waals surface area contributed by atoms with Crippen molar-refractivity contribution in [3.63, 3.8) is 0 Å². The van der Waals surface area contributed by atoms with Gasteiger partial charge in [-0.25, -0.2) is 18.2 Å². The van der Waals surface area contributed by atoms with Gasteiger partial charge in [0.2, 0.25) is 15.9 Å². The quantitative estimate of drug-likeness (QED) is 0.183. The van der Waals surface area contributed by atoms with Crippen LogP contribution in [0.5, 0.6) is 0 Å². The van der Waals surface area contributed by atoms with Crippen LogP contribution in [0.25, 0.3) is 10.8 Å². The highest BCUT2D eigenvalue weighted by Gasteiger charge is 2.40. The van der Waals surface area contributed by atoms with Crippen LogP contribution in [0, 0.1) is 18.8 Å². The SMILES string of the molecule is Cc1nc(CN2CCN(C(C(=O)N[C@@H](Cc3ccccc3)[C@H](O)CN(CC(C)C)S(=O)(=O)c3cccc4cnccc34)C(C)C)C2=O)cs1. The number of benzene rings is 2. The highest BCUT2D eigenvalue weighted by atomic mass is 32.2. The van der Waals surface area contributed by atoms with Crippen LogP contribution < -0.4 is 5.32 Å². The van der Waals surface area contributed by atoms with E-state index in [1.807, 2.05) is 76.4 Å². The van der Waals surface area contributed by atoms with E-state index in [4.69, 9.17) is 0 Å². The van der Waals surface area contributed by atoms with Crippen LogP contribution in [0.3, 0.4) is 0 Å². The van der Waals surface area contributed by atoms with E-state index < -0.39 is 34.1 Å². The maximum atomic E-state index is 14.2. The summed E-state index contributed by atoms with van der Waals surface area (Å²) in [5.41, 5.74) is 1.69. The summed E-state index contributed by atoms with van der Waals surface area (Å²) in [4.78, 5) is 39.8. The molecule has 3 atom stereocenters. The van der Waals surface area contributed by atoms with Crippen LogP contribution >= 0.6 is 11.3 Å². The molecule has 262 valence electrons. The van der Waals surface area contributed by atoms with Crippen molar-refractivity contribution in [2.75, 3.05) is 26.2 Å². The van der Waals surface area contributed by atoms with Gasteiger partial charge in [0.1, 0.15) is 6.04 Å². The van der Waals surface area contributed by atoms with Crippen LogP contribution in [-0.2, 0) is 27.8 Å². The molecule has 3 amide bonds. The van der Waals surface area contributed by atoms with Gasteiger partial charge in [0.05, 0.1) is 34.3 Å². The zero-order valence-corrected chi connectivity index (χ0v) is 30.3. The number of hydrogen-bond acceptors (Lipinski definition) is 8. The number of nitrogens with one attached hydrogen (secondary N) is 1. The molecule has 1 saturated heterocycles. The average molecular weight is 707 g/mol. The van der Waals surface area contributed by atoms with Gasteiger partial charge in [-0.05, 0) is 42.9 Å². The lowest BCUT2D eigenvalue weighted by atomic mass is 9.97. The van der Waals surface area contributed by atoms with Crippen LogP contribution in [-0.4, -0.2) is 93.9 Å². The Labute approximate surface area is 293 Å². The topological polar surface area (TPSA) is 136 Å². The lowest BCUT2D eigenvalue weighted by Crippen LogP contribution is -2.57. The van der Waals surface area contributed by atoms with Crippen LogP contribution in [0.15, 0.2) is 77.3 Å². The minimum atomic E-state index is -4.06. The van der Waals surface area contributed by atoms with E-state index in [-0.39, 0.29) is 42.3 Å². The summed E-state index contributed by atoms with van der Waals surface area (Å²) in [7, 11) is -4.06. The molecule has 2 aromatic heterocycles. The second-order valence-electron chi connectivity index (χ2n) is 13.4. The van der Waals surface area contributed by atoms with Crippen LogP contribution in [0.4, 0.5) is 4.79 Å². The first-order valence-electron chi connectivity index (χ1n) is 16.7. The van der Waals surface area contributed by atoms with E-state index >= 15 is 0 Å². The predicted octanol–water partition coefficient (Wildman–Crippen LogP) is 4.70. The fraction of sp³-hybridized carbons (Fsp3) is 0.444. The number of pyridine rings is 1. The number of aliphatic hydroxyl groups is 1.